The van der Waals surface area contributed by atoms with Crippen molar-refractivity contribution in [3.63, 3.8) is 0 Å². The first-order valence-corrected chi connectivity index (χ1v) is 11.6. The summed E-state index contributed by atoms with van der Waals surface area (Å²) < 4.78 is 0.606. The fraction of sp³-hybridized carbons (Fsp3) is 0.320. The average Bonchev–Trinajstić information content (AvgIpc) is 2.75. The van der Waals surface area contributed by atoms with Crippen molar-refractivity contribution in [1.29, 1.82) is 0 Å². The van der Waals surface area contributed by atoms with Crippen LogP contribution in [0.2, 0.25) is 0 Å². The lowest BCUT2D eigenvalue weighted by Gasteiger charge is -2.28. The number of carbonyl (C=O) groups excluding carboxylic acids is 3. The SMILES string of the molecule is CCCN(CCC)c1ccc(C=C2C(=O)NC(=O)N(c3cc(C)c(C)cc3Br)C2=O)cc1. The van der Waals surface area contributed by atoms with Gasteiger partial charge in [0, 0.05) is 23.2 Å². The number of urea groups is 1. The maximum atomic E-state index is 13.2. The van der Waals surface area contributed by atoms with E-state index in [-0.39, 0.29) is 5.57 Å². The van der Waals surface area contributed by atoms with E-state index >= 15 is 0 Å². The summed E-state index contributed by atoms with van der Waals surface area (Å²) in [6.45, 7) is 10.1. The van der Waals surface area contributed by atoms with E-state index in [1.807, 2.05) is 44.2 Å². The van der Waals surface area contributed by atoms with Gasteiger partial charge < -0.3 is 4.90 Å². The highest BCUT2D eigenvalue weighted by atomic mass is 79.9. The molecule has 1 fully saturated rings. The lowest BCUT2D eigenvalue weighted by molar-refractivity contribution is -0.122. The monoisotopic (exact) mass is 497 g/mol. The third-order valence-electron chi connectivity index (χ3n) is 5.46. The molecule has 4 amide bonds. The molecule has 1 saturated heterocycles. The van der Waals surface area contributed by atoms with Crippen LogP contribution in [-0.2, 0) is 9.59 Å². The third-order valence-corrected chi connectivity index (χ3v) is 6.10. The van der Waals surface area contributed by atoms with Crippen LogP contribution in [0.25, 0.3) is 6.08 Å². The molecular formula is C25H28BrN3O3. The Hall–Kier alpha value is -2.93. The van der Waals surface area contributed by atoms with Crippen LogP contribution in [0.1, 0.15) is 43.4 Å². The molecule has 0 aromatic heterocycles. The van der Waals surface area contributed by atoms with Crippen LogP contribution in [0.5, 0.6) is 0 Å². The van der Waals surface area contributed by atoms with Gasteiger partial charge in [-0.25, -0.2) is 9.69 Å². The van der Waals surface area contributed by atoms with E-state index in [0.29, 0.717) is 15.7 Å². The van der Waals surface area contributed by atoms with Crippen molar-refractivity contribution in [2.24, 2.45) is 0 Å². The Balaban J connectivity index is 1.93. The summed E-state index contributed by atoms with van der Waals surface area (Å²) in [6, 6.07) is 10.6. The van der Waals surface area contributed by atoms with Crippen molar-refractivity contribution in [2.45, 2.75) is 40.5 Å². The topological polar surface area (TPSA) is 69.7 Å². The quantitative estimate of drug-likeness (QED) is 0.412. The fourth-order valence-corrected chi connectivity index (χ4v) is 4.31. The van der Waals surface area contributed by atoms with Gasteiger partial charge >= 0.3 is 6.03 Å². The fourth-order valence-electron chi connectivity index (χ4n) is 3.67. The van der Waals surface area contributed by atoms with Crippen molar-refractivity contribution in [3.05, 3.63) is 63.1 Å². The summed E-state index contributed by atoms with van der Waals surface area (Å²) in [5.74, 6) is -1.34. The maximum Gasteiger partial charge on any atom is 0.335 e. The number of hydrogen-bond donors (Lipinski definition) is 1. The second kappa shape index (κ2) is 10.1. The van der Waals surface area contributed by atoms with E-state index in [2.05, 4.69) is 40.0 Å². The predicted molar refractivity (Wildman–Crippen MR) is 132 cm³/mol. The van der Waals surface area contributed by atoms with Crippen molar-refractivity contribution in [1.82, 2.24) is 5.32 Å². The molecular weight excluding hydrogens is 470 g/mol. The van der Waals surface area contributed by atoms with Crippen molar-refractivity contribution >= 4 is 51.2 Å². The van der Waals surface area contributed by atoms with Gasteiger partial charge in [-0.15, -0.1) is 0 Å². The molecule has 0 unspecified atom stereocenters. The van der Waals surface area contributed by atoms with Gasteiger partial charge in [0.25, 0.3) is 11.8 Å². The van der Waals surface area contributed by atoms with Gasteiger partial charge in [0.1, 0.15) is 5.57 Å². The van der Waals surface area contributed by atoms with E-state index in [1.165, 1.54) is 6.08 Å². The summed E-state index contributed by atoms with van der Waals surface area (Å²) in [4.78, 5) is 41.5. The minimum atomic E-state index is -0.758. The number of hydrogen-bond acceptors (Lipinski definition) is 4. The molecule has 0 saturated carbocycles. The minimum Gasteiger partial charge on any atom is -0.372 e. The van der Waals surface area contributed by atoms with E-state index in [4.69, 9.17) is 0 Å². The molecule has 2 aromatic rings. The number of benzene rings is 2. The van der Waals surface area contributed by atoms with Gasteiger partial charge in [-0.05, 0) is 89.7 Å². The Morgan fingerprint density at radius 2 is 1.56 bits per heavy atom. The number of amides is 4. The third kappa shape index (κ3) is 4.93. The zero-order valence-corrected chi connectivity index (χ0v) is 20.5. The molecule has 1 heterocycles. The number of nitrogens with one attached hydrogen (secondary N) is 1. The Bertz CT molecular complexity index is 1070. The predicted octanol–water partition coefficient (Wildman–Crippen LogP) is 5.36. The highest BCUT2D eigenvalue weighted by molar-refractivity contribution is 9.10. The van der Waals surface area contributed by atoms with Crippen LogP contribution in [0.4, 0.5) is 16.2 Å². The number of aryl methyl sites for hydroxylation is 2. The van der Waals surface area contributed by atoms with Gasteiger partial charge in [-0.3, -0.25) is 14.9 Å². The molecule has 2 aromatic carbocycles. The normalized spacial score (nSPS) is 15.3. The first-order valence-electron chi connectivity index (χ1n) is 10.8. The van der Waals surface area contributed by atoms with Gasteiger partial charge in [0.05, 0.1) is 5.69 Å². The molecule has 168 valence electrons. The number of barbiturate groups is 1. The molecule has 32 heavy (non-hydrogen) atoms. The van der Waals surface area contributed by atoms with Crippen molar-refractivity contribution in [2.75, 3.05) is 22.9 Å². The van der Waals surface area contributed by atoms with Crippen LogP contribution < -0.4 is 15.1 Å². The van der Waals surface area contributed by atoms with Crippen LogP contribution >= 0.6 is 15.9 Å². The molecule has 7 heteroatoms. The summed E-state index contributed by atoms with van der Waals surface area (Å²) >= 11 is 3.44. The van der Waals surface area contributed by atoms with Crippen LogP contribution in [0.3, 0.4) is 0 Å². The molecule has 0 spiro atoms. The van der Waals surface area contributed by atoms with Gasteiger partial charge in [-0.2, -0.15) is 0 Å². The van der Waals surface area contributed by atoms with Crippen LogP contribution in [0.15, 0.2) is 46.4 Å². The maximum absolute atomic E-state index is 13.2. The zero-order chi connectivity index (χ0) is 23.4. The van der Waals surface area contributed by atoms with Crippen LogP contribution in [0, 0.1) is 13.8 Å². The largest absolute Gasteiger partial charge is 0.372 e. The first-order chi connectivity index (χ1) is 15.3. The Morgan fingerprint density at radius 3 is 2.16 bits per heavy atom. The molecule has 1 N–H and O–H groups in total. The molecule has 1 aliphatic rings. The standard InChI is InChI=1S/C25H28BrN3O3/c1-5-11-28(12-6-2)19-9-7-18(8-10-19)15-20-23(30)27-25(32)29(24(20)31)22-14-17(4)16(3)13-21(22)26/h7-10,13-15H,5-6,11-12H2,1-4H3,(H,27,30,32). The van der Waals surface area contributed by atoms with E-state index in [9.17, 15) is 14.4 Å². The lowest BCUT2D eigenvalue weighted by atomic mass is 10.0. The first kappa shape index (κ1) is 23.7. The lowest BCUT2D eigenvalue weighted by Crippen LogP contribution is -2.54. The summed E-state index contributed by atoms with van der Waals surface area (Å²) in [5.41, 5.74) is 4.10. The number of halogens is 1. The molecule has 0 radical (unpaired) electrons. The second-order valence-electron chi connectivity index (χ2n) is 7.92. The van der Waals surface area contributed by atoms with Crippen molar-refractivity contribution in [3.8, 4) is 0 Å². The van der Waals surface area contributed by atoms with E-state index in [0.717, 1.165) is 47.6 Å². The van der Waals surface area contributed by atoms with Gasteiger partial charge in [0.15, 0.2) is 0 Å². The molecule has 1 aliphatic heterocycles. The number of carbonyl (C=O) groups is 3. The molecule has 0 atom stereocenters. The highest BCUT2D eigenvalue weighted by Crippen LogP contribution is 2.32. The number of imide groups is 2. The molecule has 0 bridgehead atoms. The van der Waals surface area contributed by atoms with Crippen LogP contribution in [-0.4, -0.2) is 30.9 Å². The summed E-state index contributed by atoms with van der Waals surface area (Å²) in [5, 5.41) is 2.28. The summed E-state index contributed by atoms with van der Waals surface area (Å²) in [7, 11) is 0. The van der Waals surface area contributed by atoms with Crippen molar-refractivity contribution < 1.29 is 14.4 Å². The second-order valence-corrected chi connectivity index (χ2v) is 8.78. The smallest absolute Gasteiger partial charge is 0.335 e. The zero-order valence-electron chi connectivity index (χ0n) is 18.9. The number of rotatable bonds is 7. The number of anilines is 2. The average molecular weight is 498 g/mol. The minimum absolute atomic E-state index is 0.0820. The van der Waals surface area contributed by atoms with E-state index in [1.54, 1.807) is 6.07 Å². The molecule has 0 aliphatic carbocycles. The van der Waals surface area contributed by atoms with Gasteiger partial charge in [0.2, 0.25) is 0 Å². The Morgan fingerprint density at radius 1 is 0.969 bits per heavy atom. The molecule has 6 nitrogen and oxygen atoms in total. The Labute approximate surface area is 197 Å². The Kier molecular flexibility index (Phi) is 7.51. The summed E-state index contributed by atoms with van der Waals surface area (Å²) in [6.07, 6.45) is 3.64. The van der Waals surface area contributed by atoms with Gasteiger partial charge in [-0.1, -0.05) is 26.0 Å². The van der Waals surface area contributed by atoms with E-state index < -0.39 is 17.8 Å². The highest BCUT2D eigenvalue weighted by Gasteiger charge is 2.37. The number of nitrogens with zero attached hydrogens (tertiary/aromatic N) is 2. The molecule has 3 rings (SSSR count).